The van der Waals surface area contributed by atoms with Gasteiger partial charge in [0.2, 0.25) is 0 Å². The van der Waals surface area contributed by atoms with Crippen molar-refractivity contribution in [2.24, 2.45) is 28.2 Å². The molecule has 12 aromatic heterocycles. The first-order valence-corrected chi connectivity index (χ1v) is 39.1. The molecule has 0 N–H and O–H groups in total. The van der Waals surface area contributed by atoms with Crippen LogP contribution in [0.15, 0.2) is 194 Å². The summed E-state index contributed by atoms with van der Waals surface area (Å²) in [4.78, 5) is 20.3. The van der Waals surface area contributed by atoms with Gasteiger partial charge in [-0.05, 0) is 227 Å². The number of aryl methyl sites for hydroxylation is 16. The van der Waals surface area contributed by atoms with Gasteiger partial charge in [-0.25, -0.2) is 18.3 Å². The van der Waals surface area contributed by atoms with Crippen LogP contribution in [0.25, 0.3) is 154 Å². The van der Waals surface area contributed by atoms with Crippen molar-refractivity contribution in [3.63, 3.8) is 0 Å². The third kappa shape index (κ3) is 10.6. The average Bonchev–Trinajstić information content (AvgIpc) is 1.53. The van der Waals surface area contributed by atoms with Gasteiger partial charge in [-0.15, -0.1) is 0 Å². The molecule has 0 atom stereocenters. The first-order chi connectivity index (χ1) is 52.6. The van der Waals surface area contributed by atoms with Gasteiger partial charge in [0.25, 0.3) is 22.6 Å². The number of imidazole rings is 4. The molecule has 0 spiro atoms. The molecule has 0 unspecified atom stereocenters. The van der Waals surface area contributed by atoms with Crippen LogP contribution in [0.3, 0.4) is 0 Å². The molecule has 0 radical (unpaired) electrons. The second-order valence-corrected chi connectivity index (χ2v) is 29.6. The van der Waals surface area contributed by atoms with Gasteiger partial charge < -0.3 is 0 Å². The van der Waals surface area contributed by atoms with E-state index in [4.69, 9.17) is 19.9 Å². The number of fused-ring (bicyclic) bond motifs is 32. The topological polar surface area (TPSA) is 85.5 Å². The van der Waals surface area contributed by atoms with Gasteiger partial charge in [-0.1, -0.05) is 140 Å². The minimum absolute atomic E-state index is 0.950. The van der Waals surface area contributed by atoms with Gasteiger partial charge in [0.1, 0.15) is 22.1 Å². The molecular weight excluding hydrogens is 1320 g/mol. The Balaban J connectivity index is 0.000000105. The standard InChI is InChI=1S/4C24H24N3/c1-5-16-10-9-11-18-22-21(15(3)14-17(6-2)25-22)24-26(4)19-12-7-8-13-20(19)27(24)23(16)18;1-5-16-10-9-13-20-23(16)27-19-12-8-7-11-18(19)22-21(24(27)26(20)4)15(3)14-17(6-2)25-22;1-5-16-11-12-20-21(14-16)26(4)24-22-15(3)13-17(6-2)25-23(22)18-9-7-8-10-19(18)27(20)24;1-5-16-11-12-20-21(14-16)27-19-10-8-7-9-18(19)23-22(24(27)26(20)4)15(3)13-17(6-2)25-23/h4*7-14H,5-6H2,1-4H3/q4*+1. The van der Waals surface area contributed by atoms with E-state index in [1.807, 2.05) is 0 Å². The second kappa shape index (κ2) is 27.2. The van der Waals surface area contributed by atoms with Gasteiger partial charge in [0, 0.05) is 49.9 Å². The van der Waals surface area contributed by atoms with Gasteiger partial charge in [-0.3, -0.25) is 19.9 Å². The van der Waals surface area contributed by atoms with E-state index in [2.05, 4.69) is 341 Å². The third-order valence-electron chi connectivity index (χ3n) is 23.4. The lowest BCUT2D eigenvalue weighted by molar-refractivity contribution is -0.617. The minimum atomic E-state index is 0.950. The molecule has 0 aliphatic heterocycles. The smallest absolute Gasteiger partial charge is 0.252 e. The highest BCUT2D eigenvalue weighted by molar-refractivity contribution is 6.15. The molecule has 0 aliphatic carbocycles. The Morgan fingerprint density at radius 3 is 1.18 bits per heavy atom. The van der Waals surface area contributed by atoms with Crippen LogP contribution in [0.1, 0.15) is 123 Å². The maximum Gasteiger partial charge on any atom is 0.297 e. The van der Waals surface area contributed by atoms with Crippen molar-refractivity contribution in [1.82, 2.24) is 37.7 Å². The Hall–Kier alpha value is -11.8. The summed E-state index contributed by atoms with van der Waals surface area (Å²) in [6.07, 6.45) is 7.90. The van der Waals surface area contributed by atoms with Crippen molar-refractivity contribution in [1.29, 1.82) is 0 Å². The third-order valence-corrected chi connectivity index (χ3v) is 23.4. The van der Waals surface area contributed by atoms with E-state index in [0.29, 0.717) is 0 Å². The second-order valence-electron chi connectivity index (χ2n) is 29.6. The molecule has 0 saturated carbocycles. The summed E-state index contributed by atoms with van der Waals surface area (Å²) in [6, 6.07) is 70.6. The molecule has 20 aromatic rings. The number of hydrogen-bond donors (Lipinski definition) is 0. The number of nitrogens with zero attached hydrogens (tertiary/aromatic N) is 12. The zero-order chi connectivity index (χ0) is 74.8. The van der Waals surface area contributed by atoms with Crippen LogP contribution in [0, 0.1) is 27.7 Å². The molecule has 0 aliphatic rings. The Labute approximate surface area is 630 Å². The summed E-state index contributed by atoms with van der Waals surface area (Å²) >= 11 is 0. The van der Waals surface area contributed by atoms with Crippen LogP contribution in [-0.2, 0) is 79.6 Å². The molecule has 0 saturated heterocycles. The Morgan fingerprint density at radius 1 is 0.287 bits per heavy atom. The van der Waals surface area contributed by atoms with E-state index >= 15 is 0 Å². The highest BCUT2D eigenvalue weighted by Crippen LogP contribution is 2.39. The molecule has 12 heteroatoms. The fraction of sp³-hybridized carbons (Fsp3) is 0.250. The highest BCUT2D eigenvalue weighted by Gasteiger charge is 2.31. The van der Waals surface area contributed by atoms with Crippen LogP contribution in [-0.4, -0.2) is 37.7 Å². The summed E-state index contributed by atoms with van der Waals surface area (Å²) in [5, 5.41) is 9.93. The predicted octanol–water partition coefficient (Wildman–Crippen LogP) is 20.2. The Bertz CT molecular complexity index is 7060. The summed E-state index contributed by atoms with van der Waals surface area (Å²) < 4.78 is 19.1. The normalized spacial score (nSPS) is 12.0. The molecule has 0 amide bonds. The van der Waals surface area contributed by atoms with E-state index in [-0.39, 0.29) is 0 Å². The lowest BCUT2D eigenvalue weighted by atomic mass is 10.0. The SMILES string of the molecule is CCc1cc(C)c2c(n1)c1cccc(CC)c1n1c3ccccc3[n+](C)c21.CCc1cc(C)c2c(n1)c1ccccc1n1c3c(CC)cccc3[n+](C)c21.CCc1ccc2c(c1)n(C)c1c3c(C)cc(CC)nc3c3ccccc3[n+]21.CCc1ccc2c(c1)n1c3ccccc3c3nc(CC)cc(C)c3c1[n+]2C. The van der Waals surface area contributed by atoms with E-state index in [1.54, 1.807) is 0 Å². The predicted molar refractivity (Wildman–Crippen MR) is 450 cm³/mol. The van der Waals surface area contributed by atoms with E-state index < -0.39 is 0 Å². The van der Waals surface area contributed by atoms with Crippen molar-refractivity contribution in [3.05, 3.63) is 261 Å². The van der Waals surface area contributed by atoms with E-state index in [9.17, 15) is 0 Å². The van der Waals surface area contributed by atoms with Crippen LogP contribution < -0.4 is 18.1 Å². The van der Waals surface area contributed by atoms with Crippen LogP contribution >= 0.6 is 0 Å². The zero-order valence-corrected chi connectivity index (χ0v) is 65.5. The summed E-state index contributed by atoms with van der Waals surface area (Å²) in [6.45, 7) is 26.5. The number of benzene rings is 8. The largest absolute Gasteiger partial charge is 0.297 e. The van der Waals surface area contributed by atoms with Crippen molar-refractivity contribution in [3.8, 4) is 0 Å². The lowest BCUT2D eigenvalue weighted by Crippen LogP contribution is -2.27. The fourth-order valence-corrected chi connectivity index (χ4v) is 17.9. The monoisotopic (exact) mass is 1420 g/mol. The van der Waals surface area contributed by atoms with Gasteiger partial charge in [-0.2, -0.15) is 17.6 Å². The zero-order valence-electron chi connectivity index (χ0n) is 65.5. The number of hydrogen-bond acceptors (Lipinski definition) is 4. The van der Waals surface area contributed by atoms with Crippen molar-refractivity contribution in [2.75, 3.05) is 0 Å². The molecule has 108 heavy (non-hydrogen) atoms. The number of rotatable bonds is 8. The van der Waals surface area contributed by atoms with Gasteiger partial charge >= 0.3 is 0 Å². The molecule has 536 valence electrons. The average molecular weight is 1420 g/mol. The minimum Gasteiger partial charge on any atom is -0.252 e. The first kappa shape index (κ1) is 69.3. The summed E-state index contributed by atoms with van der Waals surface area (Å²) in [5.74, 6) is 0. The first-order valence-electron chi connectivity index (χ1n) is 39.1. The molecule has 20 rings (SSSR count). The summed E-state index contributed by atoms with van der Waals surface area (Å²) in [7, 11) is 8.70. The van der Waals surface area contributed by atoms with Crippen LogP contribution in [0.5, 0.6) is 0 Å². The van der Waals surface area contributed by atoms with Crippen LogP contribution in [0.2, 0.25) is 0 Å². The Kier molecular flexibility index (Phi) is 17.5. The molecular formula is C96H96N12+4. The highest BCUT2D eigenvalue weighted by atomic mass is 15.1. The Morgan fingerprint density at radius 2 is 0.657 bits per heavy atom. The molecule has 8 aromatic carbocycles. The quantitative estimate of drug-likeness (QED) is 0.112. The fourth-order valence-electron chi connectivity index (χ4n) is 17.9. The lowest BCUT2D eigenvalue weighted by Gasteiger charge is -2.10. The van der Waals surface area contributed by atoms with Gasteiger partial charge in [0.05, 0.1) is 71.8 Å². The molecule has 12 nitrogen and oxygen atoms in total. The number of para-hydroxylation sites is 7. The van der Waals surface area contributed by atoms with Gasteiger partial charge in [0.15, 0.2) is 44.1 Å². The molecule has 0 fully saturated rings. The van der Waals surface area contributed by atoms with Crippen molar-refractivity contribution in [2.45, 2.75) is 134 Å². The van der Waals surface area contributed by atoms with Crippen LogP contribution in [0.4, 0.5) is 0 Å². The van der Waals surface area contributed by atoms with E-state index in [0.717, 1.165) is 96.2 Å². The maximum atomic E-state index is 5.09. The molecule has 0 bridgehead atoms. The molecule has 12 heterocycles. The van der Waals surface area contributed by atoms with Crippen molar-refractivity contribution >= 4 is 154 Å². The number of pyridine rings is 8. The maximum absolute atomic E-state index is 5.09. The number of aromatic nitrogens is 12. The summed E-state index contributed by atoms with van der Waals surface area (Å²) in [5.41, 5.74) is 39.7. The van der Waals surface area contributed by atoms with Crippen molar-refractivity contribution < 1.29 is 18.1 Å². The van der Waals surface area contributed by atoms with E-state index in [1.165, 1.54) is 176 Å².